The molecule has 0 saturated carbocycles. The highest BCUT2D eigenvalue weighted by Crippen LogP contribution is 2.39. The average molecular weight is 579 g/mol. The highest BCUT2D eigenvalue weighted by Gasteiger charge is 2.32. The summed E-state index contributed by atoms with van der Waals surface area (Å²) in [6.45, 7) is 0.354. The largest absolute Gasteiger partial charge is 0.392 e. The molecule has 9 heteroatoms. The summed E-state index contributed by atoms with van der Waals surface area (Å²) < 4.78 is 12.9. The number of aromatic nitrogens is 3. The van der Waals surface area contributed by atoms with Crippen molar-refractivity contribution < 1.29 is 19.4 Å². The van der Waals surface area contributed by atoms with Crippen molar-refractivity contribution in [3.63, 3.8) is 0 Å². The molecule has 1 saturated heterocycles. The van der Waals surface area contributed by atoms with Gasteiger partial charge in [-0.05, 0) is 41.0 Å². The Balaban J connectivity index is 1.12. The van der Waals surface area contributed by atoms with Gasteiger partial charge < -0.3 is 19.9 Å². The van der Waals surface area contributed by atoms with Crippen LogP contribution in [0.25, 0.3) is 11.0 Å². The Labute approximate surface area is 248 Å². The molecule has 1 aliphatic rings. The van der Waals surface area contributed by atoms with E-state index in [0.717, 1.165) is 38.5 Å². The normalized spacial score (nSPS) is 18.5. The third-order valence-electron chi connectivity index (χ3n) is 7.06. The molecule has 0 radical (unpaired) electrons. The topological polar surface area (TPSA) is 106 Å². The average Bonchev–Trinajstić information content (AvgIpc) is 3.06. The molecular formula is C33H30N4O4S. The summed E-state index contributed by atoms with van der Waals surface area (Å²) in [7, 11) is 0. The molecule has 0 bridgehead atoms. The molecule has 0 unspecified atom stereocenters. The van der Waals surface area contributed by atoms with Gasteiger partial charge in [-0.15, -0.1) is 11.8 Å². The van der Waals surface area contributed by atoms with Gasteiger partial charge in [0.1, 0.15) is 5.69 Å². The zero-order chi connectivity index (χ0) is 28.7. The van der Waals surface area contributed by atoms with Crippen LogP contribution in [0.3, 0.4) is 0 Å². The molecule has 8 nitrogen and oxygen atoms in total. The Morgan fingerprint density at radius 1 is 0.857 bits per heavy atom. The second-order valence-corrected chi connectivity index (χ2v) is 11.0. The van der Waals surface area contributed by atoms with Crippen molar-refractivity contribution in [2.24, 2.45) is 0 Å². The number of nitrogens with one attached hydrogen (secondary N) is 1. The van der Waals surface area contributed by atoms with E-state index in [-0.39, 0.29) is 30.4 Å². The van der Waals surface area contributed by atoms with Gasteiger partial charge in [0, 0.05) is 30.5 Å². The van der Waals surface area contributed by atoms with E-state index in [2.05, 4.69) is 20.3 Å². The lowest BCUT2D eigenvalue weighted by atomic mass is 10.0. The van der Waals surface area contributed by atoms with Crippen molar-refractivity contribution >= 4 is 28.7 Å². The van der Waals surface area contributed by atoms with Gasteiger partial charge in [0.2, 0.25) is 0 Å². The maximum atomic E-state index is 12.7. The maximum Gasteiger partial charge on any atom is 0.271 e. The second kappa shape index (κ2) is 13.2. The summed E-state index contributed by atoms with van der Waals surface area (Å²) in [6.07, 6.45) is 3.23. The first-order chi connectivity index (χ1) is 20.6. The Morgan fingerprint density at radius 3 is 2.36 bits per heavy atom. The zero-order valence-corrected chi connectivity index (χ0v) is 23.6. The lowest BCUT2D eigenvalue weighted by Crippen LogP contribution is -2.31. The van der Waals surface area contributed by atoms with Gasteiger partial charge in [0.15, 0.2) is 6.29 Å². The van der Waals surface area contributed by atoms with E-state index < -0.39 is 6.29 Å². The van der Waals surface area contributed by atoms with Crippen LogP contribution in [0.4, 0.5) is 0 Å². The first kappa shape index (κ1) is 28.0. The van der Waals surface area contributed by atoms with Crippen LogP contribution < -0.4 is 5.32 Å². The molecule has 3 heterocycles. The third kappa shape index (κ3) is 6.83. The molecule has 2 aromatic heterocycles. The monoisotopic (exact) mass is 578 g/mol. The van der Waals surface area contributed by atoms with Crippen LogP contribution in [-0.2, 0) is 22.6 Å². The lowest BCUT2D eigenvalue weighted by molar-refractivity contribution is -0.245. The summed E-state index contributed by atoms with van der Waals surface area (Å²) in [5.41, 5.74) is 5.46. The minimum atomic E-state index is -0.549. The van der Waals surface area contributed by atoms with Crippen molar-refractivity contribution in [2.45, 2.75) is 43.1 Å². The predicted molar refractivity (Wildman–Crippen MR) is 161 cm³/mol. The molecule has 0 spiro atoms. The van der Waals surface area contributed by atoms with Crippen molar-refractivity contribution in [3.05, 3.63) is 131 Å². The van der Waals surface area contributed by atoms with E-state index in [9.17, 15) is 9.90 Å². The molecule has 1 amide bonds. The summed E-state index contributed by atoms with van der Waals surface area (Å²) in [4.78, 5) is 25.9. The van der Waals surface area contributed by atoms with Crippen molar-refractivity contribution in [1.29, 1.82) is 0 Å². The van der Waals surface area contributed by atoms with Gasteiger partial charge in [-0.1, -0.05) is 66.7 Å². The Morgan fingerprint density at radius 2 is 1.60 bits per heavy atom. The molecule has 6 rings (SSSR count). The third-order valence-corrected chi connectivity index (χ3v) is 8.13. The van der Waals surface area contributed by atoms with Crippen LogP contribution in [0.5, 0.6) is 0 Å². The van der Waals surface area contributed by atoms with Gasteiger partial charge in [0.05, 0.1) is 41.1 Å². The molecular weight excluding hydrogens is 548 g/mol. The number of carbonyl (C=O) groups excluding carboxylic acids is 1. The number of para-hydroxylation sites is 2. The molecule has 42 heavy (non-hydrogen) atoms. The molecule has 0 aliphatic carbocycles. The van der Waals surface area contributed by atoms with E-state index in [1.54, 1.807) is 18.0 Å². The van der Waals surface area contributed by atoms with E-state index >= 15 is 0 Å². The highest BCUT2D eigenvalue weighted by atomic mass is 32.2. The molecule has 1 fully saturated rings. The number of pyridine rings is 1. The van der Waals surface area contributed by atoms with E-state index in [0.29, 0.717) is 18.5 Å². The van der Waals surface area contributed by atoms with Gasteiger partial charge in [-0.2, -0.15) is 0 Å². The minimum absolute atomic E-state index is 0.00332. The van der Waals surface area contributed by atoms with Crippen LogP contribution in [0.1, 0.15) is 51.6 Å². The fraction of sp³-hybridized carbons (Fsp3) is 0.212. The summed E-state index contributed by atoms with van der Waals surface area (Å²) in [6, 6.07) is 29.1. The summed E-state index contributed by atoms with van der Waals surface area (Å²) >= 11 is 1.66. The van der Waals surface area contributed by atoms with Crippen LogP contribution >= 0.6 is 11.8 Å². The van der Waals surface area contributed by atoms with Gasteiger partial charge in [-0.25, -0.2) is 9.97 Å². The number of hydrogen-bond donors (Lipinski definition) is 2. The van der Waals surface area contributed by atoms with Crippen LogP contribution in [0.15, 0.2) is 108 Å². The number of hydrogen-bond acceptors (Lipinski definition) is 8. The highest BCUT2D eigenvalue weighted by molar-refractivity contribution is 7.99. The van der Waals surface area contributed by atoms with Crippen LogP contribution in [0, 0.1) is 0 Å². The molecule has 2 N–H and O–H groups in total. The number of fused-ring (bicyclic) bond motifs is 1. The fourth-order valence-electron chi connectivity index (χ4n) is 4.77. The molecule has 1 aliphatic heterocycles. The van der Waals surface area contributed by atoms with Gasteiger partial charge in [0.25, 0.3) is 5.91 Å². The fourth-order valence-corrected chi connectivity index (χ4v) is 5.65. The zero-order valence-electron chi connectivity index (χ0n) is 22.8. The molecule has 5 aromatic rings. The summed E-state index contributed by atoms with van der Waals surface area (Å²) in [5.74, 6) is 0.462. The number of thioether (sulfide) groups is 1. The number of nitrogens with zero attached hydrogens (tertiary/aromatic N) is 3. The van der Waals surface area contributed by atoms with Crippen molar-refractivity contribution in [1.82, 2.24) is 20.3 Å². The SMILES string of the molecule is O=C(NCc1ccc([C@@H]2O[C@H](CSc3ccccn3)C[C@H](c3ccc(CO)cc3)O2)cc1)c1cnc2ccccc2n1. The van der Waals surface area contributed by atoms with Crippen LogP contribution in [-0.4, -0.2) is 37.8 Å². The van der Waals surface area contributed by atoms with Crippen molar-refractivity contribution in [3.8, 4) is 0 Å². The molecule has 3 aromatic carbocycles. The van der Waals surface area contributed by atoms with Crippen LogP contribution in [0.2, 0.25) is 0 Å². The predicted octanol–water partition coefficient (Wildman–Crippen LogP) is 5.78. The first-order valence-electron chi connectivity index (χ1n) is 13.8. The molecule has 212 valence electrons. The number of benzene rings is 3. The Hall–Kier alpha value is -4.15. The molecule has 3 atom stereocenters. The second-order valence-electron chi connectivity index (χ2n) is 10.00. The van der Waals surface area contributed by atoms with Gasteiger partial charge >= 0.3 is 0 Å². The standard InChI is InChI=1S/C33H30N4O4S/c38-20-23-10-12-24(13-11-23)30-17-26(21-42-31-7-3-4-16-34-31)40-33(41-30)25-14-8-22(9-15-25)18-36-32(39)29-19-35-27-5-1-2-6-28(27)37-29/h1-16,19,26,30,33,38H,17-18,20-21H2,(H,36,39)/t26-,30+,33+/m0/s1. The van der Waals surface area contributed by atoms with Crippen molar-refractivity contribution in [2.75, 3.05) is 5.75 Å². The first-order valence-corrected chi connectivity index (χ1v) is 14.8. The lowest BCUT2D eigenvalue weighted by Gasteiger charge is -2.36. The Kier molecular flexibility index (Phi) is 8.81. The van der Waals surface area contributed by atoms with E-state index in [1.165, 1.54) is 6.20 Å². The summed E-state index contributed by atoms with van der Waals surface area (Å²) in [5, 5.41) is 13.3. The number of ether oxygens (including phenoxy) is 2. The number of carbonyl (C=O) groups is 1. The quantitative estimate of drug-likeness (QED) is 0.212. The van der Waals surface area contributed by atoms with E-state index in [4.69, 9.17) is 9.47 Å². The number of aliphatic hydroxyl groups is 1. The number of amides is 1. The van der Waals surface area contributed by atoms with Gasteiger partial charge in [-0.3, -0.25) is 9.78 Å². The Bertz CT molecular complexity index is 1630. The number of rotatable bonds is 9. The van der Waals surface area contributed by atoms with E-state index in [1.807, 2.05) is 91.0 Å². The minimum Gasteiger partial charge on any atom is -0.392 e. The number of aliphatic hydroxyl groups excluding tert-OH is 1. The maximum absolute atomic E-state index is 12.7. The smallest absolute Gasteiger partial charge is 0.271 e.